The molecule has 0 saturated carbocycles. The van der Waals surface area contributed by atoms with E-state index in [1.54, 1.807) is 0 Å². The number of hydrogen-bond donors (Lipinski definition) is 0. The molecule has 0 aliphatic carbocycles. The van der Waals surface area contributed by atoms with Crippen LogP contribution in [0.25, 0.3) is 16.8 Å². The van der Waals surface area contributed by atoms with Gasteiger partial charge < -0.3 is 4.40 Å². The molecule has 82 valence electrons. The predicted molar refractivity (Wildman–Crippen MR) is 71.0 cm³/mol. The lowest BCUT2D eigenvalue weighted by Gasteiger charge is -2.04. The van der Waals surface area contributed by atoms with Crippen molar-refractivity contribution in [2.45, 2.75) is 0 Å². The third-order valence-electron chi connectivity index (χ3n) is 2.83. The minimum atomic E-state index is 0.898. The first-order valence-electron chi connectivity index (χ1n) is 5.42. The largest absolute Gasteiger partial charge is 0.317 e. The standard InChI is InChI=1S/C15H10ClN/c16-11-12-4-3-5-13(10-12)15-8-7-14-6-1-2-9-17(14)15/h1-10H. The molecule has 0 spiro atoms. The van der Waals surface area contributed by atoms with E-state index in [1.165, 1.54) is 5.52 Å². The lowest BCUT2D eigenvalue weighted by molar-refractivity contribution is 1.20. The molecular formula is C15H10ClN. The van der Waals surface area contributed by atoms with Crippen molar-refractivity contribution >= 4 is 17.1 Å². The molecule has 3 rings (SSSR count). The summed E-state index contributed by atoms with van der Waals surface area (Å²) in [4.78, 5) is 0. The van der Waals surface area contributed by atoms with Gasteiger partial charge in [0.25, 0.3) is 0 Å². The summed E-state index contributed by atoms with van der Waals surface area (Å²) in [5, 5.41) is 0. The summed E-state index contributed by atoms with van der Waals surface area (Å²) in [7, 11) is 0. The molecule has 1 aromatic carbocycles. The molecule has 0 N–H and O–H groups in total. The molecule has 2 heterocycles. The van der Waals surface area contributed by atoms with Crippen LogP contribution in [0, 0.1) is 5.88 Å². The van der Waals surface area contributed by atoms with Gasteiger partial charge in [0.05, 0.1) is 5.69 Å². The van der Waals surface area contributed by atoms with E-state index in [0.29, 0.717) is 0 Å². The van der Waals surface area contributed by atoms with Crippen molar-refractivity contribution in [2.24, 2.45) is 0 Å². The number of rotatable bonds is 2. The fourth-order valence-electron chi connectivity index (χ4n) is 2.03. The van der Waals surface area contributed by atoms with Gasteiger partial charge in [0, 0.05) is 11.7 Å². The van der Waals surface area contributed by atoms with Gasteiger partial charge in [0.15, 0.2) is 0 Å². The molecule has 0 aliphatic heterocycles. The number of halogens is 1. The smallest absolute Gasteiger partial charge is 0.120 e. The van der Waals surface area contributed by atoms with Crippen molar-refractivity contribution < 1.29 is 0 Å². The Morgan fingerprint density at radius 2 is 1.88 bits per heavy atom. The van der Waals surface area contributed by atoms with Crippen LogP contribution in [0.4, 0.5) is 0 Å². The van der Waals surface area contributed by atoms with Crippen LogP contribution in [0.1, 0.15) is 5.56 Å². The summed E-state index contributed by atoms with van der Waals surface area (Å²) >= 11 is 5.62. The average molecular weight is 240 g/mol. The summed E-state index contributed by atoms with van der Waals surface area (Å²) in [6.45, 7) is 0. The van der Waals surface area contributed by atoms with Gasteiger partial charge in [0.1, 0.15) is 5.88 Å². The summed E-state index contributed by atoms with van der Waals surface area (Å²) in [5.74, 6) is 2.64. The van der Waals surface area contributed by atoms with Gasteiger partial charge in [-0.3, -0.25) is 0 Å². The third kappa shape index (κ3) is 1.83. The van der Waals surface area contributed by atoms with Gasteiger partial charge in [-0.1, -0.05) is 24.3 Å². The first-order valence-corrected chi connectivity index (χ1v) is 5.79. The van der Waals surface area contributed by atoms with E-state index in [9.17, 15) is 0 Å². The second-order valence-corrected chi connectivity index (χ2v) is 4.08. The highest BCUT2D eigenvalue weighted by atomic mass is 35.5. The first-order chi connectivity index (χ1) is 8.38. The monoisotopic (exact) mass is 239 g/mol. The summed E-state index contributed by atoms with van der Waals surface area (Å²) in [6.07, 6.45) is 2.06. The van der Waals surface area contributed by atoms with Crippen LogP contribution in [0.15, 0.2) is 60.8 Å². The fourth-order valence-corrected chi connectivity index (χ4v) is 2.15. The molecular weight excluding hydrogens is 230 g/mol. The van der Waals surface area contributed by atoms with Crippen LogP contribution >= 0.6 is 11.6 Å². The van der Waals surface area contributed by atoms with E-state index in [0.717, 1.165) is 16.8 Å². The molecule has 0 amide bonds. The minimum absolute atomic E-state index is 0.898. The first kappa shape index (κ1) is 10.4. The molecule has 2 heteroatoms. The Bertz CT molecular complexity index is 655. The maximum Gasteiger partial charge on any atom is 0.120 e. The van der Waals surface area contributed by atoms with Crippen LogP contribution in [0.5, 0.6) is 0 Å². The van der Waals surface area contributed by atoms with Crippen molar-refractivity contribution in [3.63, 3.8) is 0 Å². The average Bonchev–Trinajstić information content (AvgIpc) is 2.82. The fraction of sp³-hybridized carbons (Fsp3) is 0. The number of fused-ring (bicyclic) bond motifs is 1. The van der Waals surface area contributed by atoms with Crippen molar-refractivity contribution in [1.29, 1.82) is 0 Å². The Hall–Kier alpha value is -1.73. The summed E-state index contributed by atoms with van der Waals surface area (Å²) in [6, 6.07) is 18.4. The van der Waals surface area contributed by atoms with Crippen molar-refractivity contribution in [3.8, 4) is 11.3 Å². The highest BCUT2D eigenvalue weighted by Crippen LogP contribution is 2.24. The van der Waals surface area contributed by atoms with E-state index >= 15 is 0 Å². The molecule has 0 aliphatic rings. The zero-order chi connectivity index (χ0) is 11.7. The molecule has 0 atom stereocenters. The Balaban J connectivity index is 2.20. The molecule has 17 heavy (non-hydrogen) atoms. The van der Waals surface area contributed by atoms with Crippen LogP contribution in [-0.4, -0.2) is 4.40 Å². The minimum Gasteiger partial charge on any atom is -0.317 e. The highest BCUT2D eigenvalue weighted by Gasteiger charge is 2.04. The Kier molecular flexibility index (Phi) is 2.62. The van der Waals surface area contributed by atoms with Crippen molar-refractivity contribution in [3.05, 3.63) is 72.2 Å². The van der Waals surface area contributed by atoms with Crippen LogP contribution in [0.3, 0.4) is 0 Å². The molecule has 2 radical (unpaired) electrons. The zero-order valence-corrected chi connectivity index (χ0v) is 9.85. The molecule has 3 aromatic rings. The number of pyridine rings is 1. The maximum absolute atomic E-state index is 5.62. The molecule has 1 nitrogen and oxygen atoms in total. The highest BCUT2D eigenvalue weighted by molar-refractivity contribution is 6.25. The van der Waals surface area contributed by atoms with E-state index < -0.39 is 0 Å². The molecule has 0 bridgehead atoms. The SMILES string of the molecule is Cl[C]c1cccc(-c2ccc3ccccn23)c1. The summed E-state index contributed by atoms with van der Waals surface area (Å²) < 4.78 is 2.16. The molecule has 0 saturated heterocycles. The Labute approximate surface area is 105 Å². The van der Waals surface area contributed by atoms with E-state index in [4.69, 9.17) is 11.6 Å². The Morgan fingerprint density at radius 1 is 0.941 bits per heavy atom. The van der Waals surface area contributed by atoms with Crippen LogP contribution < -0.4 is 0 Å². The lowest BCUT2D eigenvalue weighted by Crippen LogP contribution is -1.87. The predicted octanol–water partition coefficient (Wildman–Crippen LogP) is 4.23. The van der Waals surface area contributed by atoms with Gasteiger partial charge in [-0.15, -0.1) is 11.6 Å². The topological polar surface area (TPSA) is 4.41 Å². The second-order valence-electron chi connectivity index (χ2n) is 3.89. The van der Waals surface area contributed by atoms with E-state index in [-0.39, 0.29) is 0 Å². The van der Waals surface area contributed by atoms with Gasteiger partial charge in [0.2, 0.25) is 0 Å². The zero-order valence-electron chi connectivity index (χ0n) is 9.10. The maximum atomic E-state index is 5.62. The summed E-state index contributed by atoms with van der Waals surface area (Å²) in [5.41, 5.74) is 4.39. The third-order valence-corrected chi connectivity index (χ3v) is 3.05. The van der Waals surface area contributed by atoms with Crippen LogP contribution in [0.2, 0.25) is 0 Å². The second kappa shape index (κ2) is 4.27. The van der Waals surface area contributed by atoms with Gasteiger partial charge >= 0.3 is 0 Å². The van der Waals surface area contributed by atoms with Crippen molar-refractivity contribution in [2.75, 3.05) is 0 Å². The van der Waals surface area contributed by atoms with Crippen LogP contribution in [-0.2, 0) is 0 Å². The van der Waals surface area contributed by atoms with Gasteiger partial charge in [-0.05, 0) is 41.5 Å². The molecule has 2 aromatic heterocycles. The number of aromatic nitrogens is 1. The number of benzene rings is 1. The number of hydrogen-bond acceptors (Lipinski definition) is 0. The normalized spacial score (nSPS) is 10.9. The van der Waals surface area contributed by atoms with Crippen molar-refractivity contribution in [1.82, 2.24) is 4.40 Å². The van der Waals surface area contributed by atoms with Gasteiger partial charge in [-0.25, -0.2) is 0 Å². The molecule has 0 unspecified atom stereocenters. The van der Waals surface area contributed by atoms with E-state index in [2.05, 4.69) is 40.7 Å². The van der Waals surface area contributed by atoms with E-state index in [1.807, 2.05) is 30.3 Å². The number of nitrogens with zero attached hydrogens (tertiary/aromatic N) is 1. The lowest BCUT2D eigenvalue weighted by atomic mass is 10.1. The van der Waals surface area contributed by atoms with Gasteiger partial charge in [-0.2, -0.15) is 0 Å². The Morgan fingerprint density at radius 3 is 2.76 bits per heavy atom. The quantitative estimate of drug-likeness (QED) is 0.630. The molecule has 0 fully saturated rings.